The Balaban J connectivity index is 1.81. The molecule has 1 fully saturated rings. The highest BCUT2D eigenvalue weighted by molar-refractivity contribution is 5.50. The van der Waals surface area contributed by atoms with Gasteiger partial charge in [-0.25, -0.2) is 4.98 Å². The molecule has 8 nitrogen and oxygen atoms in total. The zero-order valence-electron chi connectivity index (χ0n) is 15.4. The molecule has 4 heterocycles. The second-order valence-corrected chi connectivity index (χ2v) is 7.28. The molecule has 2 aliphatic heterocycles. The maximum Gasteiger partial charge on any atom is 0.413 e. The number of ether oxygens (including phenoxy) is 1. The lowest BCUT2D eigenvalue weighted by molar-refractivity contribution is -0.182. The molecule has 2 unspecified atom stereocenters. The van der Waals surface area contributed by atoms with Crippen LogP contribution in [-0.2, 0) is 17.8 Å². The SMILES string of the molecule is CC1COCCN1c1cc(=O)n2c(n1)N(Cc1cnco1)C(C)(C(F)(F)F)C2. The van der Waals surface area contributed by atoms with Gasteiger partial charge in [-0.3, -0.25) is 9.36 Å². The first-order valence-corrected chi connectivity index (χ1v) is 8.89. The van der Waals surface area contributed by atoms with Crippen LogP contribution in [-0.4, -0.2) is 52.1 Å². The molecule has 0 radical (unpaired) electrons. The molecular weight excluding hydrogens is 379 g/mol. The van der Waals surface area contributed by atoms with Crippen molar-refractivity contribution in [2.75, 3.05) is 29.6 Å². The highest BCUT2D eigenvalue weighted by Gasteiger charge is 2.60. The summed E-state index contributed by atoms with van der Waals surface area (Å²) < 4.78 is 53.5. The average Bonchev–Trinajstić information content (AvgIpc) is 3.23. The summed E-state index contributed by atoms with van der Waals surface area (Å²) in [7, 11) is 0. The van der Waals surface area contributed by atoms with Crippen LogP contribution in [0.2, 0.25) is 0 Å². The van der Waals surface area contributed by atoms with E-state index in [2.05, 4.69) is 9.97 Å². The summed E-state index contributed by atoms with van der Waals surface area (Å²) in [6.45, 7) is 3.67. The first-order chi connectivity index (χ1) is 13.2. The van der Waals surface area contributed by atoms with Gasteiger partial charge in [0.25, 0.3) is 5.56 Å². The van der Waals surface area contributed by atoms with Gasteiger partial charge in [-0.2, -0.15) is 18.2 Å². The number of hydrogen-bond donors (Lipinski definition) is 0. The van der Waals surface area contributed by atoms with E-state index in [0.29, 0.717) is 25.6 Å². The van der Waals surface area contributed by atoms with Crippen molar-refractivity contribution < 1.29 is 22.3 Å². The van der Waals surface area contributed by atoms with Gasteiger partial charge < -0.3 is 19.0 Å². The van der Waals surface area contributed by atoms with Crippen molar-refractivity contribution in [3.63, 3.8) is 0 Å². The van der Waals surface area contributed by atoms with Gasteiger partial charge in [-0.1, -0.05) is 0 Å². The van der Waals surface area contributed by atoms with Crippen LogP contribution in [0.3, 0.4) is 0 Å². The second kappa shape index (κ2) is 6.50. The highest BCUT2D eigenvalue weighted by Crippen LogP contribution is 2.44. The van der Waals surface area contributed by atoms with Crippen molar-refractivity contribution in [2.24, 2.45) is 0 Å². The van der Waals surface area contributed by atoms with Gasteiger partial charge in [0.05, 0.1) is 38.5 Å². The molecule has 2 aromatic rings. The fourth-order valence-electron chi connectivity index (χ4n) is 3.63. The Morgan fingerprint density at radius 1 is 1.39 bits per heavy atom. The Hall–Kier alpha value is -2.56. The van der Waals surface area contributed by atoms with Crippen molar-refractivity contribution in [3.05, 3.63) is 34.8 Å². The van der Waals surface area contributed by atoms with Crippen LogP contribution in [0.15, 0.2) is 27.9 Å². The fourth-order valence-corrected chi connectivity index (χ4v) is 3.63. The molecule has 2 aliphatic rings. The monoisotopic (exact) mass is 399 g/mol. The number of halogens is 3. The number of rotatable bonds is 3. The minimum atomic E-state index is -4.58. The number of anilines is 2. The summed E-state index contributed by atoms with van der Waals surface area (Å²) >= 11 is 0. The van der Waals surface area contributed by atoms with Crippen molar-refractivity contribution in [3.8, 4) is 0 Å². The molecule has 0 saturated carbocycles. The molecule has 152 valence electrons. The van der Waals surface area contributed by atoms with Crippen LogP contribution >= 0.6 is 0 Å². The molecule has 4 rings (SSSR count). The minimum Gasteiger partial charge on any atom is -0.447 e. The number of alkyl halides is 3. The number of oxazole rings is 1. The molecule has 28 heavy (non-hydrogen) atoms. The van der Waals surface area contributed by atoms with Crippen molar-refractivity contribution >= 4 is 11.8 Å². The lowest BCUT2D eigenvalue weighted by Crippen LogP contribution is -2.55. The Kier molecular flexibility index (Phi) is 4.36. The average molecular weight is 399 g/mol. The highest BCUT2D eigenvalue weighted by atomic mass is 19.4. The Morgan fingerprint density at radius 2 is 2.18 bits per heavy atom. The third-order valence-corrected chi connectivity index (χ3v) is 5.35. The molecule has 0 amide bonds. The van der Waals surface area contributed by atoms with Gasteiger partial charge in [-0.15, -0.1) is 0 Å². The van der Waals surface area contributed by atoms with Crippen LogP contribution in [0.25, 0.3) is 0 Å². The topological polar surface area (TPSA) is 76.6 Å². The molecule has 0 spiro atoms. The standard InChI is InChI=1S/C17H20F3N5O3/c1-11-8-27-4-3-23(11)13-5-14(26)24-9-16(2,17(18,19)20)25(15(24)22-13)7-12-6-21-10-28-12/h5-6,10-11H,3-4,7-9H2,1-2H3. The third kappa shape index (κ3) is 2.93. The van der Waals surface area contributed by atoms with Crippen LogP contribution in [0.1, 0.15) is 19.6 Å². The zero-order valence-corrected chi connectivity index (χ0v) is 15.4. The van der Waals surface area contributed by atoms with Crippen LogP contribution in [0, 0.1) is 0 Å². The van der Waals surface area contributed by atoms with Gasteiger partial charge >= 0.3 is 6.18 Å². The third-order valence-electron chi connectivity index (χ3n) is 5.35. The Labute approximate surface area is 158 Å². The van der Waals surface area contributed by atoms with Crippen LogP contribution in [0.5, 0.6) is 0 Å². The van der Waals surface area contributed by atoms with Gasteiger partial charge in [0.1, 0.15) is 11.6 Å². The summed E-state index contributed by atoms with van der Waals surface area (Å²) in [6.07, 6.45) is -2.08. The summed E-state index contributed by atoms with van der Waals surface area (Å²) in [5, 5.41) is 0. The molecule has 2 aromatic heterocycles. The maximum absolute atomic E-state index is 14.0. The van der Waals surface area contributed by atoms with E-state index in [-0.39, 0.29) is 24.3 Å². The summed E-state index contributed by atoms with van der Waals surface area (Å²) in [5.41, 5.74) is -2.82. The second-order valence-electron chi connectivity index (χ2n) is 7.28. The smallest absolute Gasteiger partial charge is 0.413 e. The lowest BCUT2D eigenvalue weighted by Gasteiger charge is -2.37. The van der Waals surface area contributed by atoms with Crippen molar-refractivity contribution in [2.45, 2.75) is 44.7 Å². The number of fused-ring (bicyclic) bond motifs is 1. The zero-order chi connectivity index (χ0) is 20.1. The van der Waals surface area contributed by atoms with E-state index in [1.165, 1.54) is 12.3 Å². The summed E-state index contributed by atoms with van der Waals surface area (Å²) in [6, 6.07) is 1.25. The number of aromatic nitrogens is 3. The first-order valence-electron chi connectivity index (χ1n) is 8.89. The van der Waals surface area contributed by atoms with E-state index in [0.717, 1.165) is 22.8 Å². The number of hydrogen-bond acceptors (Lipinski definition) is 7. The summed E-state index contributed by atoms with van der Waals surface area (Å²) in [4.78, 5) is 23.8. The predicted octanol–water partition coefficient (Wildman–Crippen LogP) is 1.80. The van der Waals surface area contributed by atoms with Crippen LogP contribution < -0.4 is 15.4 Å². The van der Waals surface area contributed by atoms with Gasteiger partial charge in [-0.05, 0) is 13.8 Å². The largest absolute Gasteiger partial charge is 0.447 e. The van der Waals surface area contributed by atoms with Crippen molar-refractivity contribution in [1.82, 2.24) is 14.5 Å². The summed E-state index contributed by atoms with van der Waals surface area (Å²) in [5.74, 6) is 0.571. The van der Waals surface area contributed by atoms with E-state index >= 15 is 0 Å². The van der Waals surface area contributed by atoms with E-state index in [9.17, 15) is 18.0 Å². The molecule has 2 atom stereocenters. The van der Waals surface area contributed by atoms with Crippen molar-refractivity contribution in [1.29, 1.82) is 0 Å². The minimum absolute atomic E-state index is 0.0302. The van der Waals surface area contributed by atoms with Gasteiger partial charge in [0.2, 0.25) is 5.95 Å². The molecule has 11 heteroatoms. The van der Waals surface area contributed by atoms with Crippen LogP contribution in [0.4, 0.5) is 24.9 Å². The quantitative estimate of drug-likeness (QED) is 0.779. The predicted molar refractivity (Wildman–Crippen MR) is 93.3 cm³/mol. The lowest BCUT2D eigenvalue weighted by atomic mass is 10.0. The van der Waals surface area contributed by atoms with E-state index < -0.39 is 23.8 Å². The molecule has 0 N–H and O–H groups in total. The molecule has 0 bridgehead atoms. The van der Waals surface area contributed by atoms with Gasteiger partial charge in [0.15, 0.2) is 11.9 Å². The molecule has 0 aliphatic carbocycles. The Morgan fingerprint density at radius 3 is 2.82 bits per heavy atom. The number of morpholine rings is 1. The molecule has 1 saturated heterocycles. The van der Waals surface area contributed by atoms with Gasteiger partial charge in [0, 0.05) is 12.6 Å². The number of nitrogens with zero attached hydrogens (tertiary/aromatic N) is 5. The first kappa shape index (κ1) is 18.8. The van der Waals surface area contributed by atoms with E-state index in [1.54, 1.807) is 0 Å². The molecule has 0 aromatic carbocycles. The molecular formula is C17H20F3N5O3. The Bertz CT molecular complexity index is 914. The maximum atomic E-state index is 14.0. The van der Waals surface area contributed by atoms with E-state index in [4.69, 9.17) is 9.15 Å². The normalized spacial score (nSPS) is 25.2. The fraction of sp³-hybridized carbons (Fsp3) is 0.588. The van der Waals surface area contributed by atoms with E-state index in [1.807, 2.05) is 11.8 Å².